The number of hydrogen-bond acceptors (Lipinski definition) is 6. The van der Waals surface area contributed by atoms with E-state index in [1.807, 2.05) is 42.5 Å². The Morgan fingerprint density at radius 3 is 2.58 bits per heavy atom. The van der Waals surface area contributed by atoms with Gasteiger partial charge in [0.2, 0.25) is 5.95 Å². The van der Waals surface area contributed by atoms with Crippen molar-refractivity contribution in [3.8, 4) is 12.0 Å². The molecule has 0 amide bonds. The number of ether oxygens (including phenoxy) is 2. The number of rotatable bonds is 5. The summed E-state index contributed by atoms with van der Waals surface area (Å²) < 4.78 is 10.2. The number of hydrogen-bond donors (Lipinski definition) is 1. The molecule has 19 heavy (non-hydrogen) atoms. The lowest BCUT2D eigenvalue weighted by Crippen LogP contribution is -2.05. The summed E-state index contributed by atoms with van der Waals surface area (Å²) in [5, 5.41) is 0. The van der Waals surface area contributed by atoms with E-state index in [-0.39, 0.29) is 18.0 Å². The van der Waals surface area contributed by atoms with Crippen LogP contribution in [0, 0.1) is 0 Å². The highest BCUT2D eigenvalue weighted by atomic mass is 16.5. The molecule has 0 bridgehead atoms. The van der Waals surface area contributed by atoms with Crippen molar-refractivity contribution in [1.82, 2.24) is 15.0 Å². The highest BCUT2D eigenvalue weighted by Crippen LogP contribution is 2.10. The molecular formula is C13H14N4O2. The molecule has 0 fully saturated rings. The molecule has 2 aromatic rings. The molecule has 0 aliphatic rings. The molecule has 1 aromatic carbocycles. The van der Waals surface area contributed by atoms with Gasteiger partial charge in [-0.05, 0) is 11.6 Å². The zero-order chi connectivity index (χ0) is 13.5. The summed E-state index contributed by atoms with van der Waals surface area (Å²) in [6.07, 6.45) is 3.81. The molecule has 0 saturated carbocycles. The fraction of sp³-hybridized carbons (Fsp3) is 0.154. The van der Waals surface area contributed by atoms with Crippen molar-refractivity contribution in [3.63, 3.8) is 0 Å². The van der Waals surface area contributed by atoms with Gasteiger partial charge >= 0.3 is 12.0 Å². The maximum atomic E-state index is 5.49. The SMILES string of the molecule is COc1nc(N)nc(OC/C=C/c2ccccc2)n1. The lowest BCUT2D eigenvalue weighted by atomic mass is 10.2. The molecule has 0 aliphatic carbocycles. The minimum atomic E-state index is 0.0638. The molecule has 0 radical (unpaired) electrons. The Kier molecular flexibility index (Phi) is 4.28. The van der Waals surface area contributed by atoms with Crippen molar-refractivity contribution in [2.75, 3.05) is 19.5 Å². The Hall–Kier alpha value is -2.63. The monoisotopic (exact) mass is 258 g/mol. The van der Waals surface area contributed by atoms with Crippen molar-refractivity contribution in [3.05, 3.63) is 42.0 Å². The predicted octanol–water partition coefficient (Wildman–Crippen LogP) is 1.55. The normalized spacial score (nSPS) is 10.6. The fourth-order valence-corrected chi connectivity index (χ4v) is 1.38. The van der Waals surface area contributed by atoms with Crippen LogP contribution in [0.3, 0.4) is 0 Å². The topological polar surface area (TPSA) is 83.2 Å². The predicted molar refractivity (Wildman–Crippen MR) is 71.8 cm³/mol. The fourth-order valence-electron chi connectivity index (χ4n) is 1.38. The van der Waals surface area contributed by atoms with Crippen LogP contribution in [0.2, 0.25) is 0 Å². The van der Waals surface area contributed by atoms with Gasteiger partial charge in [0, 0.05) is 0 Å². The smallest absolute Gasteiger partial charge is 0.324 e. The van der Waals surface area contributed by atoms with Crippen molar-refractivity contribution in [2.24, 2.45) is 0 Å². The number of anilines is 1. The van der Waals surface area contributed by atoms with Crippen LogP contribution in [-0.4, -0.2) is 28.7 Å². The Bertz CT molecular complexity index is 558. The van der Waals surface area contributed by atoms with Crippen molar-refractivity contribution >= 4 is 12.0 Å². The Labute approximate surface area is 110 Å². The second kappa shape index (κ2) is 6.34. The highest BCUT2D eigenvalue weighted by Gasteiger charge is 2.04. The molecule has 0 unspecified atom stereocenters. The van der Waals surface area contributed by atoms with E-state index in [9.17, 15) is 0 Å². The molecule has 0 saturated heterocycles. The van der Waals surface area contributed by atoms with E-state index >= 15 is 0 Å². The molecule has 6 nitrogen and oxygen atoms in total. The zero-order valence-corrected chi connectivity index (χ0v) is 10.5. The van der Waals surface area contributed by atoms with Gasteiger partial charge in [-0.15, -0.1) is 4.98 Å². The van der Waals surface area contributed by atoms with Gasteiger partial charge in [0.1, 0.15) is 6.61 Å². The molecule has 2 rings (SSSR count). The molecule has 1 heterocycles. The first-order valence-corrected chi connectivity index (χ1v) is 5.68. The lowest BCUT2D eigenvalue weighted by Gasteiger charge is -2.03. The van der Waals surface area contributed by atoms with Crippen LogP contribution in [0.5, 0.6) is 12.0 Å². The van der Waals surface area contributed by atoms with Gasteiger partial charge in [-0.3, -0.25) is 0 Å². The third-order valence-electron chi connectivity index (χ3n) is 2.21. The quantitative estimate of drug-likeness (QED) is 0.876. The summed E-state index contributed by atoms with van der Waals surface area (Å²) in [6.45, 7) is 0.335. The highest BCUT2D eigenvalue weighted by molar-refractivity contribution is 5.48. The van der Waals surface area contributed by atoms with Gasteiger partial charge < -0.3 is 15.2 Å². The number of nitrogens with two attached hydrogens (primary N) is 1. The molecule has 0 atom stereocenters. The van der Waals surface area contributed by atoms with Crippen LogP contribution in [0.25, 0.3) is 6.08 Å². The standard InChI is InChI=1S/C13H14N4O2/c1-18-12-15-11(14)16-13(17-12)19-9-5-8-10-6-3-2-4-7-10/h2-8H,9H2,1H3,(H2,14,15,16,17)/b8-5+. The first-order valence-electron chi connectivity index (χ1n) is 5.68. The van der Waals surface area contributed by atoms with Crippen molar-refractivity contribution < 1.29 is 9.47 Å². The Balaban J connectivity index is 1.92. The lowest BCUT2D eigenvalue weighted by molar-refractivity contribution is 0.314. The van der Waals surface area contributed by atoms with Crippen LogP contribution < -0.4 is 15.2 Å². The number of benzene rings is 1. The number of nitrogens with zero attached hydrogens (tertiary/aromatic N) is 3. The third-order valence-corrected chi connectivity index (χ3v) is 2.21. The van der Waals surface area contributed by atoms with E-state index in [1.54, 1.807) is 0 Å². The first kappa shape index (κ1) is 12.8. The van der Waals surface area contributed by atoms with E-state index in [1.165, 1.54) is 7.11 Å². The molecule has 0 spiro atoms. The summed E-state index contributed by atoms with van der Waals surface area (Å²) in [4.78, 5) is 11.5. The molecule has 0 aliphatic heterocycles. The van der Waals surface area contributed by atoms with Gasteiger partial charge in [0.05, 0.1) is 7.11 Å². The largest absolute Gasteiger partial charge is 0.467 e. The third kappa shape index (κ3) is 3.95. The van der Waals surface area contributed by atoms with Crippen molar-refractivity contribution in [2.45, 2.75) is 0 Å². The summed E-state index contributed by atoms with van der Waals surface area (Å²) in [5.41, 5.74) is 6.59. The van der Waals surface area contributed by atoms with E-state index in [0.29, 0.717) is 6.61 Å². The Morgan fingerprint density at radius 1 is 1.11 bits per heavy atom. The summed E-state index contributed by atoms with van der Waals surface area (Å²) in [5.74, 6) is 0.0638. The van der Waals surface area contributed by atoms with Crippen LogP contribution in [0.15, 0.2) is 36.4 Å². The van der Waals surface area contributed by atoms with Crippen LogP contribution in [-0.2, 0) is 0 Å². The van der Waals surface area contributed by atoms with E-state index in [4.69, 9.17) is 15.2 Å². The summed E-state index contributed by atoms with van der Waals surface area (Å²) in [6, 6.07) is 10.2. The summed E-state index contributed by atoms with van der Waals surface area (Å²) in [7, 11) is 1.45. The average molecular weight is 258 g/mol. The molecule has 98 valence electrons. The van der Waals surface area contributed by atoms with E-state index in [2.05, 4.69) is 15.0 Å². The van der Waals surface area contributed by atoms with Gasteiger partial charge in [0.25, 0.3) is 0 Å². The average Bonchev–Trinajstić information content (AvgIpc) is 2.44. The number of nitrogen functional groups attached to an aromatic ring is 1. The second-order valence-corrected chi connectivity index (χ2v) is 3.59. The van der Waals surface area contributed by atoms with Gasteiger partial charge in [0.15, 0.2) is 0 Å². The van der Waals surface area contributed by atoms with Crippen LogP contribution in [0.1, 0.15) is 5.56 Å². The zero-order valence-electron chi connectivity index (χ0n) is 10.5. The maximum Gasteiger partial charge on any atom is 0.324 e. The second-order valence-electron chi connectivity index (χ2n) is 3.59. The number of aromatic nitrogens is 3. The number of methoxy groups -OCH3 is 1. The molecular weight excluding hydrogens is 244 g/mol. The maximum absolute atomic E-state index is 5.49. The minimum Gasteiger partial charge on any atom is -0.467 e. The van der Waals surface area contributed by atoms with E-state index in [0.717, 1.165) is 5.56 Å². The molecule has 2 N–H and O–H groups in total. The van der Waals surface area contributed by atoms with E-state index < -0.39 is 0 Å². The Morgan fingerprint density at radius 2 is 1.84 bits per heavy atom. The molecule has 1 aromatic heterocycles. The molecule has 6 heteroatoms. The van der Waals surface area contributed by atoms with Crippen LogP contribution >= 0.6 is 0 Å². The van der Waals surface area contributed by atoms with Crippen molar-refractivity contribution in [1.29, 1.82) is 0 Å². The van der Waals surface area contributed by atoms with Gasteiger partial charge in [-0.1, -0.05) is 36.4 Å². The van der Waals surface area contributed by atoms with Crippen LogP contribution in [0.4, 0.5) is 5.95 Å². The van der Waals surface area contributed by atoms with Gasteiger partial charge in [-0.2, -0.15) is 9.97 Å². The summed E-state index contributed by atoms with van der Waals surface area (Å²) >= 11 is 0. The minimum absolute atomic E-state index is 0.0638. The van der Waals surface area contributed by atoms with Gasteiger partial charge in [-0.25, -0.2) is 0 Å². The first-order chi connectivity index (χ1) is 9.28.